The molecule has 1 aromatic heterocycles. The Hall–Kier alpha value is -3.41. The molecule has 0 radical (unpaired) electrons. The van der Waals surface area contributed by atoms with Gasteiger partial charge in [-0.3, -0.25) is 9.59 Å². The standard InChI is InChI=1S/C39H48N4O6S/c1-41-20-26-11-12-27(21-41)43(26)38(45)39-19-33(39)32-18-28(48-2)13-15-30(32)36-35(24-7-4-3-5-8-24)31-14-10-25(17-34(31)42(36)23-39)37(44)40-50(46,47)22-29-9-6-16-49-29/h10,13-15,17-18,24,26-27,29,33H,3-9,11-12,16,19-23H2,1-2H3,(H,40,44)/t26?,27?,29?,33-,39-/m0/s1. The number of likely N-dealkylation sites (tertiary alicyclic amines) is 1. The smallest absolute Gasteiger partial charge is 0.264 e. The Balaban J connectivity index is 1.18. The van der Waals surface area contributed by atoms with Gasteiger partial charge in [-0.05, 0) is 99.4 Å². The van der Waals surface area contributed by atoms with Crippen LogP contribution in [0.25, 0.3) is 22.2 Å². The molecule has 2 bridgehead atoms. The fourth-order valence-electron chi connectivity index (χ4n) is 10.4. The lowest BCUT2D eigenvalue weighted by Crippen LogP contribution is -2.57. The number of benzene rings is 2. The second kappa shape index (κ2) is 12.1. The molecule has 2 amide bonds. The minimum atomic E-state index is -3.89. The van der Waals surface area contributed by atoms with Crippen LogP contribution in [0.3, 0.4) is 0 Å². The first-order chi connectivity index (χ1) is 24.2. The van der Waals surface area contributed by atoms with Crippen LogP contribution in [0.4, 0.5) is 0 Å². The van der Waals surface area contributed by atoms with Crippen LogP contribution in [0, 0.1) is 5.41 Å². The molecule has 3 aromatic rings. The summed E-state index contributed by atoms with van der Waals surface area (Å²) in [7, 11) is -0.0315. The number of nitrogens with one attached hydrogen (secondary N) is 1. The number of carbonyl (C=O) groups excluding carboxylic acids is 2. The number of aromatic nitrogens is 1. The number of fused-ring (bicyclic) bond motifs is 9. The maximum Gasteiger partial charge on any atom is 0.264 e. The first-order valence-corrected chi connectivity index (χ1v) is 20.3. The van der Waals surface area contributed by atoms with Crippen molar-refractivity contribution in [3.05, 3.63) is 53.1 Å². The zero-order chi connectivity index (χ0) is 34.4. The molecule has 5 atom stereocenters. The fourth-order valence-corrected chi connectivity index (χ4v) is 11.6. The summed E-state index contributed by atoms with van der Waals surface area (Å²) in [6, 6.07) is 12.5. The maximum atomic E-state index is 15.1. The molecule has 5 fully saturated rings. The van der Waals surface area contributed by atoms with Crippen molar-refractivity contribution in [2.45, 2.75) is 101 Å². The van der Waals surface area contributed by atoms with E-state index >= 15 is 4.79 Å². The molecule has 5 heterocycles. The van der Waals surface area contributed by atoms with E-state index in [0.29, 0.717) is 31.1 Å². The van der Waals surface area contributed by atoms with Crippen LogP contribution < -0.4 is 9.46 Å². The van der Waals surface area contributed by atoms with Crippen LogP contribution in [0.5, 0.6) is 5.75 Å². The van der Waals surface area contributed by atoms with Crippen LogP contribution >= 0.6 is 0 Å². The summed E-state index contributed by atoms with van der Waals surface area (Å²) in [6.45, 7) is 2.89. The lowest BCUT2D eigenvalue weighted by atomic mass is 9.81. The van der Waals surface area contributed by atoms with Gasteiger partial charge in [0.25, 0.3) is 5.91 Å². The summed E-state index contributed by atoms with van der Waals surface area (Å²) < 4.78 is 42.0. The number of methoxy groups -OCH3 is 1. The summed E-state index contributed by atoms with van der Waals surface area (Å²) in [4.78, 5) is 33.3. The molecule has 2 saturated carbocycles. The third kappa shape index (κ3) is 5.29. The van der Waals surface area contributed by atoms with Crippen LogP contribution in [0.15, 0.2) is 36.4 Å². The van der Waals surface area contributed by atoms with Crippen molar-refractivity contribution < 1.29 is 27.5 Å². The summed E-state index contributed by atoms with van der Waals surface area (Å²) in [5, 5.41) is 1.09. The van der Waals surface area contributed by atoms with Crippen molar-refractivity contribution in [2.24, 2.45) is 5.41 Å². The second-order valence-electron chi connectivity index (χ2n) is 15.9. The first-order valence-electron chi connectivity index (χ1n) is 18.7. The monoisotopic (exact) mass is 700 g/mol. The van der Waals surface area contributed by atoms with E-state index in [0.717, 1.165) is 79.5 Å². The molecular weight excluding hydrogens is 653 g/mol. The normalized spacial score (nSPS) is 29.3. The Labute approximate surface area is 294 Å². The summed E-state index contributed by atoms with van der Waals surface area (Å²) in [5.74, 6) is 0.626. The highest BCUT2D eigenvalue weighted by molar-refractivity contribution is 7.90. The van der Waals surface area contributed by atoms with Gasteiger partial charge in [0.05, 0.1) is 30.1 Å². The quantitative estimate of drug-likeness (QED) is 0.352. The fraction of sp³-hybridized carbons (Fsp3) is 0.590. The van der Waals surface area contributed by atoms with E-state index in [4.69, 9.17) is 9.47 Å². The molecule has 10 nitrogen and oxygen atoms in total. The van der Waals surface area contributed by atoms with Gasteiger partial charge in [-0.25, -0.2) is 13.1 Å². The van der Waals surface area contributed by atoms with Crippen LogP contribution in [0.2, 0.25) is 0 Å². The van der Waals surface area contributed by atoms with E-state index in [-0.39, 0.29) is 29.7 Å². The van der Waals surface area contributed by atoms with Gasteiger partial charge in [-0.2, -0.15) is 0 Å². The number of likely N-dealkylation sites (N-methyl/N-ethyl adjacent to an activating group) is 1. The first kappa shape index (κ1) is 32.5. The molecule has 1 N–H and O–H groups in total. The van der Waals surface area contributed by atoms with Crippen molar-refractivity contribution in [1.29, 1.82) is 0 Å². The number of hydrogen-bond acceptors (Lipinski definition) is 7. The Morgan fingerprint density at radius 3 is 2.48 bits per heavy atom. The van der Waals surface area contributed by atoms with E-state index in [1.165, 1.54) is 30.4 Å². The number of ether oxygens (including phenoxy) is 2. The minimum Gasteiger partial charge on any atom is -0.497 e. The van der Waals surface area contributed by atoms with E-state index in [2.05, 4.69) is 38.3 Å². The number of sulfonamides is 1. The van der Waals surface area contributed by atoms with Crippen molar-refractivity contribution in [2.75, 3.05) is 39.6 Å². The molecule has 9 rings (SSSR count). The summed E-state index contributed by atoms with van der Waals surface area (Å²) in [6.07, 6.45) is 9.74. The lowest BCUT2D eigenvalue weighted by Gasteiger charge is -2.41. The van der Waals surface area contributed by atoms with Gasteiger partial charge in [0.1, 0.15) is 5.75 Å². The van der Waals surface area contributed by atoms with E-state index in [9.17, 15) is 13.2 Å². The Bertz CT molecular complexity index is 1960. The molecule has 2 aromatic carbocycles. The van der Waals surface area contributed by atoms with E-state index in [1.54, 1.807) is 13.2 Å². The van der Waals surface area contributed by atoms with E-state index < -0.39 is 27.4 Å². The van der Waals surface area contributed by atoms with Crippen molar-refractivity contribution in [3.63, 3.8) is 0 Å². The highest BCUT2D eigenvalue weighted by Gasteiger charge is 2.65. The average Bonchev–Trinajstić information content (AvgIpc) is 3.31. The predicted octanol–water partition coefficient (Wildman–Crippen LogP) is 5.40. The molecule has 11 heteroatoms. The van der Waals surface area contributed by atoms with Gasteiger partial charge in [-0.1, -0.05) is 25.3 Å². The van der Waals surface area contributed by atoms with Gasteiger partial charge in [-0.15, -0.1) is 0 Å². The zero-order valence-electron chi connectivity index (χ0n) is 29.2. The molecule has 6 aliphatic rings. The number of rotatable bonds is 7. The highest BCUT2D eigenvalue weighted by atomic mass is 32.2. The maximum absolute atomic E-state index is 15.1. The molecule has 266 valence electrons. The zero-order valence-corrected chi connectivity index (χ0v) is 30.0. The number of nitrogens with zero attached hydrogens (tertiary/aromatic N) is 3. The van der Waals surface area contributed by atoms with Gasteiger partial charge in [0, 0.05) is 66.3 Å². The Kier molecular flexibility index (Phi) is 7.86. The van der Waals surface area contributed by atoms with E-state index in [1.807, 2.05) is 18.2 Å². The molecule has 4 aliphatic heterocycles. The van der Waals surface area contributed by atoms with Gasteiger partial charge >= 0.3 is 0 Å². The van der Waals surface area contributed by atoms with Crippen molar-refractivity contribution >= 4 is 32.7 Å². The van der Waals surface area contributed by atoms with Crippen molar-refractivity contribution in [3.8, 4) is 17.0 Å². The molecule has 0 spiro atoms. The molecular formula is C39H48N4O6S. The van der Waals surface area contributed by atoms with Gasteiger partial charge < -0.3 is 23.8 Å². The average molecular weight is 701 g/mol. The topological polar surface area (TPSA) is 110 Å². The number of hydrogen-bond donors (Lipinski definition) is 1. The highest BCUT2D eigenvalue weighted by Crippen LogP contribution is 2.66. The SMILES string of the molecule is COc1ccc2c(c1)[C@@H]1C[C@]1(C(=O)N1C3CCC1CN(C)C3)Cn1c-2c(C2CCCCC2)c2ccc(C(=O)NS(=O)(=O)CC3CCCO3)cc21. The molecule has 2 aliphatic carbocycles. The summed E-state index contributed by atoms with van der Waals surface area (Å²) >= 11 is 0. The van der Waals surface area contributed by atoms with Gasteiger partial charge in [0.15, 0.2) is 0 Å². The van der Waals surface area contributed by atoms with Crippen LogP contribution in [-0.4, -0.2) is 92.4 Å². The largest absolute Gasteiger partial charge is 0.497 e. The van der Waals surface area contributed by atoms with Crippen LogP contribution in [0.1, 0.15) is 97.5 Å². The molecule has 3 unspecified atom stereocenters. The third-order valence-electron chi connectivity index (χ3n) is 12.8. The number of carbonyl (C=O) groups is 2. The predicted molar refractivity (Wildman–Crippen MR) is 191 cm³/mol. The minimum absolute atomic E-state index is 0.0720. The summed E-state index contributed by atoms with van der Waals surface area (Å²) in [5.41, 5.74) is 5.37. The Morgan fingerprint density at radius 2 is 1.76 bits per heavy atom. The lowest BCUT2D eigenvalue weighted by molar-refractivity contribution is -0.143. The Morgan fingerprint density at radius 1 is 0.980 bits per heavy atom. The molecule has 50 heavy (non-hydrogen) atoms. The second-order valence-corrected chi connectivity index (χ2v) is 17.7. The van der Waals surface area contributed by atoms with Crippen LogP contribution in [-0.2, 0) is 26.1 Å². The van der Waals surface area contributed by atoms with Crippen molar-refractivity contribution in [1.82, 2.24) is 19.1 Å². The third-order valence-corrected chi connectivity index (χ3v) is 14.1. The number of piperazine rings is 1. The number of amides is 2. The van der Waals surface area contributed by atoms with Gasteiger partial charge in [0.2, 0.25) is 15.9 Å². The molecule has 3 saturated heterocycles.